The third-order valence-corrected chi connectivity index (χ3v) is 3.67. The van der Waals surface area contributed by atoms with Gasteiger partial charge in [-0.15, -0.1) is 0 Å². The van der Waals surface area contributed by atoms with Gasteiger partial charge in [0.15, 0.2) is 5.76 Å². The lowest BCUT2D eigenvalue weighted by atomic mass is 10.0. The molecule has 5 nitrogen and oxygen atoms in total. The lowest BCUT2D eigenvalue weighted by Gasteiger charge is -2.24. The average molecular weight is 315 g/mol. The molecule has 1 N–H and O–H groups in total. The second kappa shape index (κ2) is 7.92. The number of carbonyl (C=O) groups is 1. The predicted molar refractivity (Wildman–Crippen MR) is 90.0 cm³/mol. The number of nitrogens with zero attached hydrogens (tertiary/aromatic N) is 2. The van der Waals surface area contributed by atoms with Gasteiger partial charge in [0, 0.05) is 6.07 Å². The highest BCUT2D eigenvalue weighted by Crippen LogP contribution is 2.19. The van der Waals surface area contributed by atoms with Gasteiger partial charge in [-0.25, -0.2) is 0 Å². The number of aromatic nitrogens is 1. The van der Waals surface area contributed by atoms with Gasteiger partial charge in [0.25, 0.3) is 0 Å². The molecule has 0 saturated heterocycles. The van der Waals surface area contributed by atoms with Crippen LogP contribution in [0, 0.1) is 6.92 Å². The minimum atomic E-state index is -0.326. The fourth-order valence-corrected chi connectivity index (χ4v) is 2.61. The molecule has 0 saturated carbocycles. The van der Waals surface area contributed by atoms with Crippen molar-refractivity contribution in [1.82, 2.24) is 15.4 Å². The number of likely N-dealkylation sites (N-methyl/N-ethyl adjacent to an activating group) is 1. The molecule has 0 bridgehead atoms. The molecule has 1 amide bonds. The third kappa shape index (κ3) is 4.66. The fraction of sp³-hybridized carbons (Fsp3) is 0.444. The SMILES string of the molecule is CCCc1cc(CNC(=O)[C@H](c2cccc(C)c2)N(C)C)on1. The highest BCUT2D eigenvalue weighted by Gasteiger charge is 2.23. The first-order valence-corrected chi connectivity index (χ1v) is 7.96. The Morgan fingerprint density at radius 1 is 1.35 bits per heavy atom. The Balaban J connectivity index is 2.03. The third-order valence-electron chi connectivity index (χ3n) is 3.67. The first kappa shape index (κ1) is 17.2. The van der Waals surface area contributed by atoms with Crippen LogP contribution in [0.4, 0.5) is 0 Å². The van der Waals surface area contributed by atoms with E-state index in [0.717, 1.165) is 29.7 Å². The standard InChI is InChI=1S/C18H25N3O2/c1-5-7-15-11-16(23-20-15)12-19-18(22)17(21(3)4)14-9-6-8-13(2)10-14/h6,8-11,17H,5,7,12H2,1-4H3,(H,19,22)/t17-/m0/s1. The molecule has 0 unspecified atom stereocenters. The van der Waals surface area contributed by atoms with Crippen molar-refractivity contribution in [3.8, 4) is 0 Å². The molecule has 1 aromatic carbocycles. The Morgan fingerprint density at radius 3 is 2.78 bits per heavy atom. The van der Waals surface area contributed by atoms with Crippen molar-refractivity contribution in [3.63, 3.8) is 0 Å². The van der Waals surface area contributed by atoms with E-state index in [4.69, 9.17) is 4.52 Å². The summed E-state index contributed by atoms with van der Waals surface area (Å²) in [6, 6.07) is 9.59. The molecular weight excluding hydrogens is 290 g/mol. The number of rotatable bonds is 7. The van der Waals surface area contributed by atoms with E-state index < -0.39 is 0 Å². The molecule has 0 aliphatic rings. The zero-order valence-corrected chi connectivity index (χ0v) is 14.3. The van der Waals surface area contributed by atoms with Crippen molar-refractivity contribution < 1.29 is 9.32 Å². The summed E-state index contributed by atoms with van der Waals surface area (Å²) in [4.78, 5) is 14.5. The number of hydrogen-bond acceptors (Lipinski definition) is 4. The highest BCUT2D eigenvalue weighted by molar-refractivity contribution is 5.83. The highest BCUT2D eigenvalue weighted by atomic mass is 16.5. The Bertz CT molecular complexity index is 649. The van der Waals surface area contributed by atoms with Crippen LogP contribution in [0.1, 0.15) is 42.0 Å². The number of nitrogens with one attached hydrogen (secondary N) is 1. The largest absolute Gasteiger partial charge is 0.359 e. The van der Waals surface area contributed by atoms with Crippen LogP contribution in [0.15, 0.2) is 34.9 Å². The molecule has 23 heavy (non-hydrogen) atoms. The lowest BCUT2D eigenvalue weighted by molar-refractivity contribution is -0.126. The van der Waals surface area contributed by atoms with Gasteiger partial charge < -0.3 is 9.84 Å². The van der Waals surface area contributed by atoms with Gasteiger partial charge in [0.05, 0.1) is 12.2 Å². The van der Waals surface area contributed by atoms with Crippen LogP contribution in [0.25, 0.3) is 0 Å². The van der Waals surface area contributed by atoms with Crippen LogP contribution in [-0.2, 0) is 17.8 Å². The van der Waals surface area contributed by atoms with Crippen LogP contribution >= 0.6 is 0 Å². The second-order valence-corrected chi connectivity index (χ2v) is 6.03. The Labute approximate surface area is 137 Å². The quantitative estimate of drug-likeness (QED) is 0.853. The summed E-state index contributed by atoms with van der Waals surface area (Å²) >= 11 is 0. The average Bonchev–Trinajstić information content (AvgIpc) is 2.93. The fourth-order valence-electron chi connectivity index (χ4n) is 2.61. The number of carbonyl (C=O) groups excluding carboxylic acids is 1. The number of benzene rings is 1. The molecule has 1 aromatic heterocycles. The molecule has 0 fully saturated rings. The maximum absolute atomic E-state index is 12.6. The predicted octanol–water partition coefficient (Wildman–Crippen LogP) is 2.85. The van der Waals surface area contributed by atoms with Crippen molar-refractivity contribution in [2.24, 2.45) is 0 Å². The molecule has 0 aliphatic heterocycles. The molecule has 1 atom stereocenters. The van der Waals surface area contributed by atoms with E-state index in [2.05, 4.69) is 17.4 Å². The molecule has 5 heteroatoms. The maximum Gasteiger partial charge on any atom is 0.242 e. The van der Waals surface area contributed by atoms with Crippen LogP contribution in [0.2, 0.25) is 0 Å². The second-order valence-electron chi connectivity index (χ2n) is 6.03. The first-order valence-electron chi connectivity index (χ1n) is 7.96. The van der Waals surface area contributed by atoms with E-state index in [1.54, 1.807) is 0 Å². The minimum absolute atomic E-state index is 0.0472. The monoisotopic (exact) mass is 315 g/mol. The first-order chi connectivity index (χ1) is 11.0. The van der Waals surface area contributed by atoms with Gasteiger partial charge >= 0.3 is 0 Å². The van der Waals surface area contributed by atoms with Gasteiger partial charge in [0.2, 0.25) is 5.91 Å². The van der Waals surface area contributed by atoms with Gasteiger partial charge in [-0.3, -0.25) is 9.69 Å². The molecule has 124 valence electrons. The van der Waals surface area contributed by atoms with E-state index in [9.17, 15) is 4.79 Å². The van der Waals surface area contributed by atoms with Gasteiger partial charge in [-0.2, -0.15) is 0 Å². The Kier molecular flexibility index (Phi) is 5.93. The number of amides is 1. The summed E-state index contributed by atoms with van der Waals surface area (Å²) in [7, 11) is 3.81. The maximum atomic E-state index is 12.6. The van der Waals surface area contributed by atoms with Crippen molar-refractivity contribution in [2.45, 2.75) is 39.3 Å². The van der Waals surface area contributed by atoms with Gasteiger partial charge in [-0.05, 0) is 33.0 Å². The van der Waals surface area contributed by atoms with Gasteiger partial charge in [0.1, 0.15) is 6.04 Å². The summed E-state index contributed by atoms with van der Waals surface area (Å²) in [5, 5.41) is 6.94. The summed E-state index contributed by atoms with van der Waals surface area (Å²) < 4.78 is 5.25. The van der Waals surface area contributed by atoms with Crippen molar-refractivity contribution in [2.75, 3.05) is 14.1 Å². The number of aryl methyl sites for hydroxylation is 2. The normalized spacial score (nSPS) is 12.4. The summed E-state index contributed by atoms with van der Waals surface area (Å²) in [5.41, 5.74) is 3.05. The van der Waals surface area contributed by atoms with Crippen LogP contribution in [-0.4, -0.2) is 30.1 Å². The summed E-state index contributed by atoms with van der Waals surface area (Å²) in [6.07, 6.45) is 1.91. The molecule has 0 spiro atoms. The van der Waals surface area contributed by atoms with E-state index in [1.807, 2.05) is 56.3 Å². The van der Waals surface area contributed by atoms with Crippen LogP contribution in [0.5, 0.6) is 0 Å². The molecule has 0 radical (unpaired) electrons. The zero-order valence-electron chi connectivity index (χ0n) is 14.3. The van der Waals surface area contributed by atoms with E-state index in [0.29, 0.717) is 12.3 Å². The Hall–Kier alpha value is -2.14. The summed E-state index contributed by atoms with van der Waals surface area (Å²) in [5.74, 6) is 0.637. The number of hydrogen-bond donors (Lipinski definition) is 1. The van der Waals surface area contributed by atoms with E-state index in [-0.39, 0.29) is 11.9 Å². The molecule has 1 heterocycles. The topological polar surface area (TPSA) is 58.4 Å². The molecule has 2 aromatic rings. The van der Waals surface area contributed by atoms with Crippen molar-refractivity contribution in [3.05, 3.63) is 52.9 Å². The van der Waals surface area contributed by atoms with Crippen molar-refractivity contribution >= 4 is 5.91 Å². The molecule has 0 aliphatic carbocycles. The van der Waals surface area contributed by atoms with Gasteiger partial charge in [-0.1, -0.05) is 48.3 Å². The van der Waals surface area contributed by atoms with Crippen LogP contribution in [0.3, 0.4) is 0 Å². The summed E-state index contributed by atoms with van der Waals surface area (Å²) in [6.45, 7) is 4.48. The molecule has 2 rings (SSSR count). The Morgan fingerprint density at radius 2 is 2.13 bits per heavy atom. The van der Waals surface area contributed by atoms with E-state index >= 15 is 0 Å². The van der Waals surface area contributed by atoms with Crippen LogP contribution < -0.4 is 5.32 Å². The lowest BCUT2D eigenvalue weighted by Crippen LogP contribution is -2.36. The van der Waals surface area contributed by atoms with E-state index in [1.165, 1.54) is 0 Å². The molecular formula is C18H25N3O2. The minimum Gasteiger partial charge on any atom is -0.359 e. The zero-order chi connectivity index (χ0) is 16.8. The van der Waals surface area contributed by atoms with Crippen molar-refractivity contribution in [1.29, 1.82) is 0 Å². The smallest absolute Gasteiger partial charge is 0.242 e.